The van der Waals surface area contributed by atoms with Crippen LogP contribution in [0.2, 0.25) is 0 Å². The number of aryl methyl sites for hydroxylation is 1. The van der Waals surface area contributed by atoms with E-state index >= 15 is 0 Å². The number of carbonyl (C=O) groups is 1. The Morgan fingerprint density at radius 3 is 2.74 bits per heavy atom. The molecule has 0 saturated carbocycles. The van der Waals surface area contributed by atoms with E-state index in [0.29, 0.717) is 12.0 Å². The number of esters is 1. The van der Waals surface area contributed by atoms with Crippen LogP contribution in [0.4, 0.5) is 0 Å². The minimum Gasteiger partial charge on any atom is -0.465 e. The summed E-state index contributed by atoms with van der Waals surface area (Å²) < 4.78 is 29.1. The predicted molar refractivity (Wildman–Crippen MR) is 74.5 cm³/mol. The zero-order valence-electron chi connectivity index (χ0n) is 11.1. The first-order chi connectivity index (χ1) is 8.89. The molecule has 4 nitrogen and oxygen atoms in total. The van der Waals surface area contributed by atoms with E-state index in [-0.39, 0.29) is 15.9 Å². The lowest BCUT2D eigenvalue weighted by Gasteiger charge is -2.22. The molecule has 0 fully saturated rings. The minimum atomic E-state index is -3.31. The first kappa shape index (κ1) is 14.4. The first-order valence-electron chi connectivity index (χ1n) is 6.03. The third-order valence-corrected chi connectivity index (χ3v) is 6.52. The summed E-state index contributed by atoms with van der Waals surface area (Å²) in [6, 6.07) is 3.27. The molecule has 1 aliphatic rings. The van der Waals surface area contributed by atoms with E-state index in [9.17, 15) is 13.2 Å². The molecule has 0 N–H and O–H groups in total. The van der Waals surface area contributed by atoms with Crippen LogP contribution in [0.15, 0.2) is 21.9 Å². The van der Waals surface area contributed by atoms with Crippen molar-refractivity contribution in [2.24, 2.45) is 0 Å². The van der Waals surface area contributed by atoms with Gasteiger partial charge in [-0.3, -0.25) is 0 Å². The van der Waals surface area contributed by atoms with Crippen LogP contribution in [0, 0.1) is 0 Å². The summed E-state index contributed by atoms with van der Waals surface area (Å²) in [4.78, 5) is 12.7. The Hall–Kier alpha value is -1.01. The zero-order valence-corrected chi connectivity index (χ0v) is 12.7. The van der Waals surface area contributed by atoms with Gasteiger partial charge in [-0.2, -0.15) is 0 Å². The van der Waals surface area contributed by atoms with Gasteiger partial charge in [0.2, 0.25) is 0 Å². The average Bonchev–Trinajstić information content (AvgIpc) is 2.35. The Labute approximate surface area is 117 Å². The van der Waals surface area contributed by atoms with Gasteiger partial charge in [-0.1, -0.05) is 13.8 Å². The Morgan fingerprint density at radius 1 is 1.47 bits per heavy atom. The van der Waals surface area contributed by atoms with E-state index in [1.165, 1.54) is 13.2 Å². The molecule has 1 aliphatic heterocycles. The highest BCUT2D eigenvalue weighted by Crippen LogP contribution is 2.38. The molecule has 104 valence electrons. The van der Waals surface area contributed by atoms with Crippen molar-refractivity contribution in [3.63, 3.8) is 0 Å². The van der Waals surface area contributed by atoms with Crippen LogP contribution in [-0.4, -0.2) is 32.5 Å². The first-order valence-corrected chi connectivity index (χ1v) is 8.57. The minimum absolute atomic E-state index is 0.0335. The Kier molecular flexibility index (Phi) is 3.92. The maximum absolute atomic E-state index is 12.2. The second-order valence-corrected chi connectivity index (χ2v) is 7.99. The number of sulfone groups is 1. The van der Waals surface area contributed by atoms with Crippen LogP contribution in [0.1, 0.15) is 29.8 Å². The molecule has 0 bridgehead atoms. The number of methoxy groups -OCH3 is 1. The van der Waals surface area contributed by atoms with Crippen molar-refractivity contribution in [2.45, 2.75) is 35.3 Å². The summed E-state index contributed by atoms with van der Waals surface area (Å²) >= 11 is 1.54. The van der Waals surface area contributed by atoms with Crippen molar-refractivity contribution >= 4 is 27.6 Å². The highest BCUT2D eigenvalue weighted by atomic mass is 32.2. The standard InChI is InChI=1S/C13H16O4S2/c1-4-9-5-11-12(6-10(9)13(14)17-3)19(15,16)7-8(2)18-11/h5-6,8H,4,7H2,1-3H3. The van der Waals surface area contributed by atoms with Gasteiger partial charge >= 0.3 is 5.97 Å². The van der Waals surface area contributed by atoms with Gasteiger partial charge in [0.1, 0.15) is 0 Å². The summed E-state index contributed by atoms with van der Waals surface area (Å²) in [5.41, 5.74) is 1.17. The fraction of sp³-hybridized carbons (Fsp3) is 0.462. The lowest BCUT2D eigenvalue weighted by Crippen LogP contribution is -2.22. The van der Waals surface area contributed by atoms with Gasteiger partial charge in [0, 0.05) is 10.1 Å². The molecule has 0 aliphatic carbocycles. The second-order valence-electron chi connectivity index (χ2n) is 4.51. The number of hydrogen-bond donors (Lipinski definition) is 0. The van der Waals surface area contributed by atoms with Crippen molar-refractivity contribution in [3.8, 4) is 0 Å². The second kappa shape index (κ2) is 5.17. The molecule has 0 saturated heterocycles. The highest BCUT2D eigenvalue weighted by Gasteiger charge is 2.30. The van der Waals surface area contributed by atoms with Crippen LogP contribution >= 0.6 is 11.8 Å². The van der Waals surface area contributed by atoms with Crippen molar-refractivity contribution in [3.05, 3.63) is 23.3 Å². The van der Waals surface area contributed by atoms with E-state index in [2.05, 4.69) is 0 Å². The topological polar surface area (TPSA) is 60.4 Å². The van der Waals surface area contributed by atoms with Gasteiger partial charge < -0.3 is 4.74 Å². The normalized spacial score (nSPS) is 20.7. The predicted octanol–water partition coefficient (Wildman–Crippen LogP) is 2.30. The monoisotopic (exact) mass is 300 g/mol. The number of carbonyl (C=O) groups excluding carboxylic acids is 1. The van der Waals surface area contributed by atoms with Crippen LogP contribution in [0.3, 0.4) is 0 Å². The van der Waals surface area contributed by atoms with Crippen LogP contribution in [0.5, 0.6) is 0 Å². The maximum Gasteiger partial charge on any atom is 0.338 e. The van der Waals surface area contributed by atoms with Crippen LogP contribution in [-0.2, 0) is 21.0 Å². The molecule has 0 aromatic heterocycles. The number of fused-ring (bicyclic) bond motifs is 1. The summed E-state index contributed by atoms with van der Waals surface area (Å²) in [5, 5.41) is 0.0335. The molecule has 19 heavy (non-hydrogen) atoms. The van der Waals surface area contributed by atoms with Crippen molar-refractivity contribution in [2.75, 3.05) is 12.9 Å². The Morgan fingerprint density at radius 2 is 2.16 bits per heavy atom. The third kappa shape index (κ3) is 2.65. The van der Waals surface area contributed by atoms with Gasteiger partial charge in [0.15, 0.2) is 9.84 Å². The quantitative estimate of drug-likeness (QED) is 0.784. The molecule has 0 spiro atoms. The van der Waals surface area contributed by atoms with Gasteiger partial charge in [0.25, 0.3) is 0 Å². The van der Waals surface area contributed by atoms with E-state index < -0.39 is 15.8 Å². The summed E-state index contributed by atoms with van der Waals surface area (Å²) in [6.45, 7) is 3.82. The molecule has 1 unspecified atom stereocenters. The average molecular weight is 300 g/mol. The number of ether oxygens (including phenoxy) is 1. The molecular weight excluding hydrogens is 284 g/mol. The lowest BCUT2D eigenvalue weighted by atomic mass is 10.1. The number of thioether (sulfide) groups is 1. The SMILES string of the molecule is CCc1cc2c(cc1C(=O)OC)S(=O)(=O)CC(C)S2. The van der Waals surface area contributed by atoms with E-state index in [1.54, 1.807) is 17.8 Å². The number of rotatable bonds is 2. The molecule has 0 amide bonds. The summed E-state index contributed by atoms with van der Waals surface area (Å²) in [7, 11) is -2.01. The summed E-state index contributed by atoms with van der Waals surface area (Å²) in [5.74, 6) is -0.380. The lowest BCUT2D eigenvalue weighted by molar-refractivity contribution is 0.0599. The van der Waals surface area contributed by atoms with Gasteiger partial charge in [-0.05, 0) is 24.1 Å². The molecular formula is C13H16O4S2. The van der Waals surface area contributed by atoms with E-state index in [0.717, 1.165) is 10.5 Å². The molecule has 1 aromatic carbocycles. The fourth-order valence-corrected chi connectivity index (χ4v) is 5.79. The smallest absolute Gasteiger partial charge is 0.338 e. The largest absolute Gasteiger partial charge is 0.465 e. The Bertz CT molecular complexity index is 620. The molecule has 6 heteroatoms. The molecule has 1 atom stereocenters. The van der Waals surface area contributed by atoms with Crippen molar-refractivity contribution < 1.29 is 17.9 Å². The third-order valence-electron chi connectivity index (χ3n) is 3.07. The van der Waals surface area contributed by atoms with Crippen LogP contribution in [0.25, 0.3) is 0 Å². The van der Waals surface area contributed by atoms with E-state index in [1.807, 2.05) is 13.8 Å². The molecule has 1 heterocycles. The van der Waals surface area contributed by atoms with Crippen LogP contribution < -0.4 is 0 Å². The van der Waals surface area contributed by atoms with Gasteiger partial charge in [0.05, 0.1) is 23.3 Å². The molecule has 2 rings (SSSR count). The highest BCUT2D eigenvalue weighted by molar-refractivity contribution is 8.03. The van der Waals surface area contributed by atoms with E-state index in [4.69, 9.17) is 4.74 Å². The zero-order chi connectivity index (χ0) is 14.2. The molecule has 0 radical (unpaired) electrons. The maximum atomic E-state index is 12.2. The van der Waals surface area contributed by atoms with Crippen molar-refractivity contribution in [1.29, 1.82) is 0 Å². The summed E-state index contributed by atoms with van der Waals surface area (Å²) in [6.07, 6.45) is 0.659. The van der Waals surface area contributed by atoms with Crippen molar-refractivity contribution in [1.82, 2.24) is 0 Å². The number of hydrogen-bond acceptors (Lipinski definition) is 5. The fourth-order valence-electron chi connectivity index (χ4n) is 2.18. The number of benzene rings is 1. The van der Waals surface area contributed by atoms with Gasteiger partial charge in [-0.25, -0.2) is 13.2 Å². The molecule has 1 aromatic rings. The van der Waals surface area contributed by atoms with Gasteiger partial charge in [-0.15, -0.1) is 11.8 Å². The Balaban J connectivity index is 2.67.